The van der Waals surface area contributed by atoms with E-state index in [1.807, 2.05) is 59.5 Å². The van der Waals surface area contributed by atoms with Gasteiger partial charge in [-0.1, -0.05) is 24.3 Å². The van der Waals surface area contributed by atoms with Crippen molar-refractivity contribution in [2.75, 3.05) is 42.6 Å². The number of fused-ring (bicyclic) bond motifs is 3. The molecule has 3 aliphatic rings. The maximum absolute atomic E-state index is 14.0. The fraction of sp³-hybridized carbons (Fsp3) is 0.312. The molecule has 2 fully saturated rings. The molecule has 2 amide bonds. The number of rotatable bonds is 5. The van der Waals surface area contributed by atoms with Crippen LogP contribution >= 0.6 is 11.3 Å². The van der Waals surface area contributed by atoms with Crippen LogP contribution in [-0.4, -0.2) is 60.7 Å². The lowest BCUT2D eigenvalue weighted by molar-refractivity contribution is 0.0952. The highest BCUT2D eigenvalue weighted by molar-refractivity contribution is 7.17. The van der Waals surface area contributed by atoms with Crippen LogP contribution in [0.4, 0.5) is 11.5 Å². The first kappa shape index (κ1) is 25.9. The smallest absolute Gasteiger partial charge is 0.276 e. The van der Waals surface area contributed by atoms with Gasteiger partial charge in [-0.15, -0.1) is 11.3 Å². The van der Waals surface area contributed by atoms with Crippen molar-refractivity contribution in [3.05, 3.63) is 83.0 Å². The highest BCUT2D eigenvalue weighted by Crippen LogP contribution is 2.42. The van der Waals surface area contributed by atoms with E-state index < -0.39 is 0 Å². The standard InChI is InChI=1S/C32H31N5O3S/c38-31(34-23-9-10-23)28-19-22-12-15-37(27-8-2-1-5-24(27)30(22)41-28)32(39)26-7-3-6-25(35-26)21-11-13-33-29(20-21)36-14-4-17-40-18-16-36/h1-3,5-8,11,13,19-20,23H,4,9-10,12,14-18H2,(H,34,38). The Kier molecular flexibility index (Phi) is 6.98. The number of nitrogens with one attached hydrogen (secondary N) is 1. The molecule has 0 unspecified atom stereocenters. The van der Waals surface area contributed by atoms with Gasteiger partial charge in [0.05, 0.1) is 22.9 Å². The molecule has 1 aromatic carbocycles. The van der Waals surface area contributed by atoms with Crippen LogP contribution in [0.5, 0.6) is 0 Å². The Balaban J connectivity index is 1.17. The van der Waals surface area contributed by atoms with Crippen molar-refractivity contribution < 1.29 is 14.3 Å². The fourth-order valence-corrected chi connectivity index (χ4v) is 6.63. The van der Waals surface area contributed by atoms with E-state index in [1.54, 1.807) is 12.3 Å². The Morgan fingerprint density at radius 1 is 0.976 bits per heavy atom. The number of nitrogens with zero attached hydrogens (tertiary/aromatic N) is 4. The number of ether oxygens (including phenoxy) is 1. The Labute approximate surface area is 243 Å². The van der Waals surface area contributed by atoms with E-state index in [1.165, 1.54) is 11.3 Å². The fourth-order valence-electron chi connectivity index (χ4n) is 5.48. The molecular formula is C32H31N5O3S. The average Bonchev–Trinajstić information content (AvgIpc) is 3.81. The summed E-state index contributed by atoms with van der Waals surface area (Å²) in [6.45, 7) is 3.66. The third kappa shape index (κ3) is 5.35. The molecule has 208 valence electrons. The number of benzene rings is 1. The summed E-state index contributed by atoms with van der Waals surface area (Å²) in [5.41, 5.74) is 4.97. The number of thiophene rings is 1. The van der Waals surface area contributed by atoms with E-state index in [9.17, 15) is 9.59 Å². The van der Waals surface area contributed by atoms with Crippen molar-refractivity contribution in [2.24, 2.45) is 0 Å². The quantitative estimate of drug-likeness (QED) is 0.358. The van der Waals surface area contributed by atoms with Gasteiger partial charge in [-0.05, 0) is 67.6 Å². The topological polar surface area (TPSA) is 87.7 Å². The van der Waals surface area contributed by atoms with Crippen LogP contribution in [0.3, 0.4) is 0 Å². The molecule has 3 aromatic heterocycles. The van der Waals surface area contributed by atoms with Gasteiger partial charge in [-0.3, -0.25) is 9.59 Å². The van der Waals surface area contributed by atoms with E-state index in [2.05, 4.69) is 15.2 Å². The molecule has 1 saturated heterocycles. The zero-order valence-corrected chi connectivity index (χ0v) is 23.5. The van der Waals surface area contributed by atoms with Crippen molar-refractivity contribution in [2.45, 2.75) is 31.7 Å². The predicted octanol–water partition coefficient (Wildman–Crippen LogP) is 5.19. The number of aromatic nitrogens is 2. The highest BCUT2D eigenvalue weighted by atomic mass is 32.1. The Morgan fingerprint density at radius 3 is 2.78 bits per heavy atom. The van der Waals surface area contributed by atoms with Gasteiger partial charge in [0, 0.05) is 54.5 Å². The Morgan fingerprint density at radius 2 is 1.88 bits per heavy atom. The number of carbonyl (C=O) groups is 2. The molecule has 0 radical (unpaired) electrons. The molecule has 0 spiro atoms. The molecule has 41 heavy (non-hydrogen) atoms. The number of hydrogen-bond donors (Lipinski definition) is 1. The molecule has 4 aromatic rings. The second-order valence-corrected chi connectivity index (χ2v) is 11.8. The first-order valence-corrected chi connectivity index (χ1v) is 15.1. The summed E-state index contributed by atoms with van der Waals surface area (Å²) in [6.07, 6.45) is 5.54. The largest absolute Gasteiger partial charge is 0.380 e. The van der Waals surface area contributed by atoms with E-state index in [-0.39, 0.29) is 11.8 Å². The van der Waals surface area contributed by atoms with Crippen LogP contribution in [0, 0.1) is 0 Å². The molecule has 8 nitrogen and oxygen atoms in total. The maximum Gasteiger partial charge on any atom is 0.276 e. The van der Waals surface area contributed by atoms with Crippen LogP contribution in [0.1, 0.15) is 45.0 Å². The summed E-state index contributed by atoms with van der Waals surface area (Å²) in [4.78, 5) is 42.0. The number of pyridine rings is 2. The third-order valence-electron chi connectivity index (χ3n) is 7.79. The minimum atomic E-state index is -0.139. The monoisotopic (exact) mass is 565 g/mol. The number of anilines is 2. The maximum atomic E-state index is 14.0. The SMILES string of the molecule is O=C(NC1CC1)c1cc2c(s1)-c1ccccc1N(C(=O)c1cccc(-c3ccnc(N4CCCOCC4)c3)n1)CC2. The molecule has 0 bridgehead atoms. The number of hydrogen-bond acceptors (Lipinski definition) is 7. The van der Waals surface area contributed by atoms with Crippen LogP contribution in [0.25, 0.3) is 21.7 Å². The molecule has 1 saturated carbocycles. The lowest BCUT2D eigenvalue weighted by Gasteiger charge is -2.23. The van der Waals surface area contributed by atoms with Crippen LogP contribution in [0.15, 0.2) is 66.9 Å². The second kappa shape index (κ2) is 11.1. The van der Waals surface area contributed by atoms with Gasteiger partial charge >= 0.3 is 0 Å². The molecule has 7 rings (SSSR count). The summed E-state index contributed by atoms with van der Waals surface area (Å²) in [5, 5.41) is 3.10. The van der Waals surface area contributed by atoms with Gasteiger partial charge in [0.25, 0.3) is 11.8 Å². The van der Waals surface area contributed by atoms with Crippen LogP contribution < -0.4 is 15.1 Å². The van der Waals surface area contributed by atoms with Gasteiger partial charge < -0.3 is 19.9 Å². The van der Waals surface area contributed by atoms with E-state index in [0.717, 1.165) is 82.6 Å². The van der Waals surface area contributed by atoms with E-state index in [4.69, 9.17) is 9.72 Å². The van der Waals surface area contributed by atoms with Crippen molar-refractivity contribution in [1.82, 2.24) is 15.3 Å². The van der Waals surface area contributed by atoms with Crippen LogP contribution in [0.2, 0.25) is 0 Å². The van der Waals surface area contributed by atoms with Crippen molar-refractivity contribution in [1.29, 1.82) is 0 Å². The molecular weight excluding hydrogens is 534 g/mol. The minimum Gasteiger partial charge on any atom is -0.380 e. The normalized spacial score (nSPS) is 16.8. The lowest BCUT2D eigenvalue weighted by Crippen LogP contribution is -2.33. The first-order valence-electron chi connectivity index (χ1n) is 14.2. The summed E-state index contributed by atoms with van der Waals surface area (Å²) in [5.74, 6) is 0.754. The number of carbonyl (C=O) groups excluding carboxylic acids is 2. The van der Waals surface area contributed by atoms with Crippen molar-refractivity contribution >= 4 is 34.7 Å². The second-order valence-electron chi connectivity index (χ2n) is 10.7. The van der Waals surface area contributed by atoms with Gasteiger partial charge in [-0.25, -0.2) is 9.97 Å². The molecule has 9 heteroatoms. The minimum absolute atomic E-state index is 0.000414. The zero-order chi connectivity index (χ0) is 27.8. The predicted molar refractivity (Wildman–Crippen MR) is 161 cm³/mol. The Bertz CT molecular complexity index is 1610. The third-order valence-corrected chi connectivity index (χ3v) is 9.00. The molecule has 1 aliphatic carbocycles. The van der Waals surface area contributed by atoms with Gasteiger partial charge in [0.2, 0.25) is 0 Å². The van der Waals surface area contributed by atoms with Crippen molar-refractivity contribution in [3.63, 3.8) is 0 Å². The molecule has 2 aliphatic heterocycles. The van der Waals surface area contributed by atoms with Gasteiger partial charge in [0.1, 0.15) is 11.5 Å². The number of amides is 2. The van der Waals surface area contributed by atoms with E-state index in [0.29, 0.717) is 31.3 Å². The summed E-state index contributed by atoms with van der Waals surface area (Å²) < 4.78 is 5.60. The zero-order valence-electron chi connectivity index (χ0n) is 22.7. The number of para-hydroxylation sites is 1. The lowest BCUT2D eigenvalue weighted by atomic mass is 10.1. The van der Waals surface area contributed by atoms with Crippen molar-refractivity contribution in [3.8, 4) is 21.7 Å². The molecule has 0 atom stereocenters. The van der Waals surface area contributed by atoms with Crippen LogP contribution in [-0.2, 0) is 11.2 Å². The Hall–Kier alpha value is -4.08. The summed E-state index contributed by atoms with van der Waals surface area (Å²) in [6, 6.07) is 19.8. The molecule has 1 N–H and O–H groups in total. The molecule has 5 heterocycles. The average molecular weight is 566 g/mol. The summed E-state index contributed by atoms with van der Waals surface area (Å²) >= 11 is 1.51. The van der Waals surface area contributed by atoms with E-state index >= 15 is 0 Å². The summed E-state index contributed by atoms with van der Waals surface area (Å²) in [7, 11) is 0. The first-order chi connectivity index (χ1) is 20.1. The van der Waals surface area contributed by atoms with Gasteiger partial charge in [-0.2, -0.15) is 0 Å². The van der Waals surface area contributed by atoms with Gasteiger partial charge in [0.15, 0.2) is 0 Å². The highest BCUT2D eigenvalue weighted by Gasteiger charge is 2.30.